The van der Waals surface area contributed by atoms with Crippen molar-refractivity contribution in [3.05, 3.63) is 33.2 Å². The van der Waals surface area contributed by atoms with Gasteiger partial charge in [-0.1, -0.05) is 34.7 Å². The zero-order valence-electron chi connectivity index (χ0n) is 16.4. The number of carbonyl (C=O) groups excluding carboxylic acids is 2. The van der Waals surface area contributed by atoms with Gasteiger partial charge in [0, 0.05) is 11.5 Å². The molecule has 1 fully saturated rings. The largest absolute Gasteiger partial charge is 0.477 e. The zero-order chi connectivity index (χ0) is 22.3. The van der Waals surface area contributed by atoms with Crippen molar-refractivity contribution in [2.24, 2.45) is 0 Å². The number of fused-ring (bicyclic) bond motifs is 1. The number of aryl methyl sites for hydroxylation is 1. The molecular weight excluding hydrogens is 484 g/mol. The number of hydrogen-bond acceptors (Lipinski definition) is 9. The Bertz CT molecular complexity index is 1100. The molecule has 0 saturated carbocycles. The smallest absolute Gasteiger partial charge is 0.352 e. The molecule has 2 aromatic rings. The van der Waals surface area contributed by atoms with Crippen LogP contribution in [-0.2, 0) is 20.9 Å². The Morgan fingerprint density at radius 3 is 2.77 bits per heavy atom. The van der Waals surface area contributed by atoms with Crippen molar-refractivity contribution < 1.29 is 19.5 Å². The summed E-state index contributed by atoms with van der Waals surface area (Å²) in [5, 5.41) is 25.3. The van der Waals surface area contributed by atoms with E-state index in [0.717, 1.165) is 9.35 Å². The summed E-state index contributed by atoms with van der Waals surface area (Å²) in [6, 6.07) is -0.779. The molecular formula is C17H17ClN6O4S3. The Balaban J connectivity index is 1.43. The maximum Gasteiger partial charge on any atom is 0.352 e. The fourth-order valence-electron chi connectivity index (χ4n) is 3.22. The summed E-state index contributed by atoms with van der Waals surface area (Å²) in [5.41, 5.74) is 1.28. The van der Waals surface area contributed by atoms with E-state index in [1.807, 2.05) is 6.92 Å². The van der Waals surface area contributed by atoms with Gasteiger partial charge < -0.3 is 10.4 Å². The van der Waals surface area contributed by atoms with Crippen molar-refractivity contribution in [1.29, 1.82) is 0 Å². The van der Waals surface area contributed by atoms with Gasteiger partial charge in [0.05, 0.1) is 16.9 Å². The summed E-state index contributed by atoms with van der Waals surface area (Å²) in [4.78, 5) is 38.3. The first-order valence-corrected chi connectivity index (χ1v) is 12.3. The summed E-state index contributed by atoms with van der Waals surface area (Å²) < 4.78 is 2.19. The fourth-order valence-corrected chi connectivity index (χ4v) is 6.66. The summed E-state index contributed by atoms with van der Waals surface area (Å²) in [7, 11) is 0. The number of amides is 2. The molecule has 0 bridgehead atoms. The van der Waals surface area contributed by atoms with Crippen molar-refractivity contribution in [3.63, 3.8) is 0 Å². The van der Waals surface area contributed by atoms with E-state index in [1.54, 1.807) is 6.92 Å². The van der Waals surface area contributed by atoms with Crippen LogP contribution in [0, 0.1) is 13.8 Å². The summed E-state index contributed by atoms with van der Waals surface area (Å²) in [6.45, 7) is 3.51. The lowest BCUT2D eigenvalue weighted by Gasteiger charge is -2.49. The number of β-lactam (4-membered cyclic amide) rings is 1. The van der Waals surface area contributed by atoms with E-state index in [2.05, 4.69) is 20.6 Å². The van der Waals surface area contributed by atoms with Crippen LogP contribution in [0.1, 0.15) is 10.7 Å². The van der Waals surface area contributed by atoms with Crippen LogP contribution in [0.5, 0.6) is 0 Å². The predicted molar refractivity (Wildman–Crippen MR) is 117 cm³/mol. The Morgan fingerprint density at radius 1 is 1.39 bits per heavy atom. The van der Waals surface area contributed by atoms with Crippen molar-refractivity contribution in [1.82, 2.24) is 30.2 Å². The molecule has 14 heteroatoms. The van der Waals surface area contributed by atoms with E-state index < -0.39 is 29.2 Å². The van der Waals surface area contributed by atoms with E-state index in [0.29, 0.717) is 27.8 Å². The number of carboxylic acids is 1. The maximum absolute atomic E-state index is 12.7. The van der Waals surface area contributed by atoms with E-state index in [9.17, 15) is 19.5 Å². The molecule has 10 nitrogen and oxygen atoms in total. The molecule has 164 valence electrons. The molecule has 0 aliphatic carbocycles. The second-order valence-electron chi connectivity index (χ2n) is 6.82. The molecule has 0 radical (unpaired) electrons. The minimum atomic E-state index is -1.16. The van der Waals surface area contributed by atoms with Gasteiger partial charge in [0.2, 0.25) is 5.91 Å². The first kappa shape index (κ1) is 22.1. The second-order valence-corrected chi connectivity index (χ2v) is 10.7. The molecule has 4 heterocycles. The first-order valence-electron chi connectivity index (χ1n) is 9.06. The average Bonchev–Trinajstić information content (AvgIpc) is 3.29. The highest BCUT2D eigenvalue weighted by Crippen LogP contribution is 2.41. The number of carboxylic acid groups (broad SMARTS) is 1. The minimum absolute atomic E-state index is 0.0114. The number of aliphatic carboxylic acids is 1. The summed E-state index contributed by atoms with van der Waals surface area (Å²) in [6.07, 6.45) is 1.45. The highest BCUT2D eigenvalue weighted by Gasteiger charge is 2.54. The van der Waals surface area contributed by atoms with E-state index >= 15 is 0 Å². The normalized spacial score (nSPS) is 20.5. The number of aromatic nitrogens is 4. The maximum atomic E-state index is 12.7. The van der Waals surface area contributed by atoms with Crippen molar-refractivity contribution in [2.45, 2.75) is 36.1 Å². The highest BCUT2D eigenvalue weighted by atomic mass is 35.5. The monoisotopic (exact) mass is 500 g/mol. The number of rotatable bonds is 7. The molecule has 2 atom stereocenters. The SMILES string of the molecule is Cc1nnc(SCC2=C(C(=O)O)N3C(=O)[C@@H](NC(=O)Cn4ncc(Cl)c4C)[C@@H]3SC2)s1. The van der Waals surface area contributed by atoms with Gasteiger partial charge in [-0.15, -0.1) is 22.0 Å². The third-order valence-corrected chi connectivity index (χ3v) is 8.55. The lowest BCUT2D eigenvalue weighted by Crippen LogP contribution is -2.70. The third-order valence-electron chi connectivity index (χ3n) is 4.78. The first-order chi connectivity index (χ1) is 14.8. The number of carbonyl (C=O) groups is 3. The van der Waals surface area contributed by atoms with E-state index in [-0.39, 0.29) is 12.2 Å². The molecule has 0 spiro atoms. The Morgan fingerprint density at radius 2 is 2.16 bits per heavy atom. The van der Waals surface area contributed by atoms with Gasteiger partial charge in [0.25, 0.3) is 5.91 Å². The second kappa shape index (κ2) is 8.81. The summed E-state index contributed by atoms with van der Waals surface area (Å²) in [5.74, 6) is -1.14. The lowest BCUT2D eigenvalue weighted by molar-refractivity contribution is -0.150. The van der Waals surface area contributed by atoms with E-state index in [1.165, 1.54) is 50.6 Å². The van der Waals surface area contributed by atoms with Gasteiger partial charge in [0.1, 0.15) is 28.7 Å². The minimum Gasteiger partial charge on any atom is -0.477 e. The van der Waals surface area contributed by atoms with Crippen LogP contribution in [0.25, 0.3) is 0 Å². The number of halogens is 1. The van der Waals surface area contributed by atoms with Crippen LogP contribution in [0.3, 0.4) is 0 Å². The van der Waals surface area contributed by atoms with Crippen LogP contribution in [0.4, 0.5) is 0 Å². The highest BCUT2D eigenvalue weighted by molar-refractivity contribution is 8.01. The molecule has 1 saturated heterocycles. The van der Waals surface area contributed by atoms with Crippen LogP contribution < -0.4 is 5.32 Å². The molecule has 2 aliphatic rings. The average molecular weight is 501 g/mol. The Kier molecular flexibility index (Phi) is 6.28. The fraction of sp³-hybridized carbons (Fsp3) is 0.412. The quantitative estimate of drug-likeness (QED) is 0.429. The van der Waals surface area contributed by atoms with Gasteiger partial charge in [-0.2, -0.15) is 5.10 Å². The van der Waals surface area contributed by atoms with Crippen molar-refractivity contribution >= 4 is 64.2 Å². The van der Waals surface area contributed by atoms with Crippen LogP contribution in [0.15, 0.2) is 21.8 Å². The Hall–Kier alpha value is -2.09. The third kappa shape index (κ3) is 4.31. The van der Waals surface area contributed by atoms with Gasteiger partial charge in [-0.25, -0.2) is 4.79 Å². The topological polar surface area (TPSA) is 130 Å². The summed E-state index contributed by atoms with van der Waals surface area (Å²) >= 11 is 10.2. The van der Waals surface area contributed by atoms with Crippen molar-refractivity contribution in [3.8, 4) is 0 Å². The lowest BCUT2D eigenvalue weighted by atomic mass is 10.0. The van der Waals surface area contributed by atoms with Crippen LogP contribution in [0.2, 0.25) is 5.02 Å². The predicted octanol–water partition coefficient (Wildman–Crippen LogP) is 1.54. The number of nitrogens with one attached hydrogen (secondary N) is 1. The van der Waals surface area contributed by atoms with Crippen LogP contribution in [-0.4, -0.2) is 70.7 Å². The van der Waals surface area contributed by atoms with E-state index in [4.69, 9.17) is 11.6 Å². The van der Waals surface area contributed by atoms with Gasteiger partial charge in [-0.05, 0) is 19.4 Å². The molecule has 0 aromatic carbocycles. The molecule has 2 N–H and O–H groups in total. The van der Waals surface area contributed by atoms with Crippen molar-refractivity contribution in [2.75, 3.05) is 11.5 Å². The standard InChI is InChI=1S/C17H17ClN6O4S3/c1-7-10(18)3-19-23(7)4-11(25)20-12-14(26)24-13(16(27)28)9(5-29-15(12)24)6-30-17-22-21-8(2)31-17/h3,12,15H,4-6H2,1-2H3,(H,20,25)(H,27,28)/t12-,15+/m1/s1. The number of thioether (sulfide) groups is 2. The Labute approximate surface area is 194 Å². The van der Waals surface area contributed by atoms with Gasteiger partial charge in [-0.3, -0.25) is 19.2 Å². The molecule has 2 aliphatic heterocycles. The molecule has 2 amide bonds. The zero-order valence-corrected chi connectivity index (χ0v) is 19.6. The molecule has 4 rings (SSSR count). The number of hydrogen-bond donors (Lipinski definition) is 2. The molecule has 2 aromatic heterocycles. The van der Waals surface area contributed by atoms with Gasteiger partial charge in [0.15, 0.2) is 4.34 Å². The molecule has 0 unspecified atom stereocenters. The van der Waals surface area contributed by atoms with Gasteiger partial charge >= 0.3 is 5.97 Å². The molecule has 31 heavy (non-hydrogen) atoms. The number of nitrogens with zero attached hydrogens (tertiary/aromatic N) is 5. The van der Waals surface area contributed by atoms with Crippen LogP contribution >= 0.6 is 46.5 Å².